The van der Waals surface area contributed by atoms with Gasteiger partial charge in [0.2, 0.25) is 11.0 Å². The van der Waals surface area contributed by atoms with Gasteiger partial charge in [-0.2, -0.15) is 0 Å². The zero-order valence-corrected chi connectivity index (χ0v) is 21.4. The van der Waals surface area contributed by atoms with E-state index in [1.54, 1.807) is 28.8 Å². The number of methoxy groups -OCH3 is 1. The lowest BCUT2D eigenvalue weighted by Crippen LogP contribution is -2.04. The fourth-order valence-corrected chi connectivity index (χ4v) is 4.37. The van der Waals surface area contributed by atoms with Gasteiger partial charge in [-0.3, -0.25) is 0 Å². The maximum Gasteiger partial charge on any atom is 0.221 e. The molecule has 0 atom stereocenters. The number of nitrogens with zero attached hydrogens (tertiary/aromatic N) is 3. The predicted molar refractivity (Wildman–Crippen MR) is 141 cm³/mol. The average molecular weight is 582 g/mol. The Balaban J connectivity index is 1.66. The van der Waals surface area contributed by atoms with Gasteiger partial charge in [-0.25, -0.2) is 4.39 Å². The van der Waals surface area contributed by atoms with Crippen molar-refractivity contribution in [3.63, 3.8) is 0 Å². The summed E-state index contributed by atoms with van der Waals surface area (Å²) >= 11 is 21.1. The number of aromatic hydroxyl groups is 1. The highest BCUT2D eigenvalue weighted by Crippen LogP contribution is 2.41. The van der Waals surface area contributed by atoms with E-state index in [2.05, 4.69) is 31.5 Å². The molecule has 34 heavy (non-hydrogen) atoms. The number of thiocarbonyl (C=S) groups is 1. The molecule has 0 bridgehead atoms. The zero-order valence-electron chi connectivity index (χ0n) is 17.5. The molecule has 174 valence electrons. The highest BCUT2D eigenvalue weighted by atomic mass is 79.9. The second-order valence-electron chi connectivity index (χ2n) is 7.14. The summed E-state index contributed by atoms with van der Waals surface area (Å²) in [4.78, 5) is 0. The van der Waals surface area contributed by atoms with Gasteiger partial charge in [0.05, 0.1) is 24.2 Å². The predicted octanol–water partition coefficient (Wildman–Crippen LogP) is 8.09. The smallest absolute Gasteiger partial charge is 0.221 e. The van der Waals surface area contributed by atoms with Gasteiger partial charge in [-0.15, -0.1) is 10.2 Å². The van der Waals surface area contributed by atoms with Gasteiger partial charge in [0.25, 0.3) is 0 Å². The highest BCUT2D eigenvalue weighted by molar-refractivity contribution is 9.10. The molecule has 1 aromatic heterocycles. The van der Waals surface area contributed by atoms with E-state index in [0.29, 0.717) is 32.9 Å². The molecule has 0 unspecified atom stereocenters. The van der Waals surface area contributed by atoms with E-state index in [9.17, 15) is 9.50 Å². The molecule has 4 aromatic rings. The van der Waals surface area contributed by atoms with Crippen molar-refractivity contribution in [3.05, 3.63) is 80.5 Å². The number of hydrogen-bond acceptors (Lipinski definition) is 4. The van der Waals surface area contributed by atoms with Gasteiger partial charge >= 0.3 is 0 Å². The van der Waals surface area contributed by atoms with Crippen LogP contribution in [0.4, 0.5) is 15.8 Å². The first-order valence-corrected chi connectivity index (χ1v) is 11.7. The highest BCUT2D eigenvalue weighted by Gasteiger charge is 2.18. The third kappa shape index (κ3) is 5.17. The van der Waals surface area contributed by atoms with Crippen molar-refractivity contribution in [2.45, 2.75) is 6.54 Å². The molecule has 0 aliphatic rings. The maximum absolute atomic E-state index is 13.5. The van der Waals surface area contributed by atoms with Gasteiger partial charge in [-0.05, 0) is 66.3 Å². The van der Waals surface area contributed by atoms with Crippen LogP contribution in [0.25, 0.3) is 10.9 Å². The lowest BCUT2D eigenvalue weighted by Gasteiger charge is -2.09. The number of hydrogen-bond donors (Lipinski definition) is 2. The third-order valence-corrected chi connectivity index (χ3v) is 6.28. The first-order chi connectivity index (χ1) is 16.3. The standard InChI is InChI=1S/C23H16BrCl2FN4O2S/c1-33-20-7-5-15(10-18(20)26)28-23(34)30-29-21-16-8-13(24)3-6-19(16)31(22(21)32)11-12-2-4-14(27)9-17(12)25/h2-10,32H,11H2,1H3,(H,28,34). The number of ether oxygens (including phenoxy) is 1. The molecular formula is C23H16BrCl2FN4O2S. The number of fused-ring (bicyclic) bond motifs is 1. The van der Waals surface area contributed by atoms with Gasteiger partial charge in [0, 0.05) is 20.6 Å². The first kappa shape index (κ1) is 24.4. The maximum atomic E-state index is 13.5. The van der Waals surface area contributed by atoms with Crippen molar-refractivity contribution >= 4 is 78.7 Å². The van der Waals surface area contributed by atoms with E-state index in [0.717, 1.165) is 4.47 Å². The number of halogens is 4. The van der Waals surface area contributed by atoms with Crippen LogP contribution in [0, 0.1) is 5.82 Å². The van der Waals surface area contributed by atoms with Crippen LogP contribution >= 0.6 is 51.3 Å². The van der Waals surface area contributed by atoms with Crippen molar-refractivity contribution in [2.75, 3.05) is 12.4 Å². The Morgan fingerprint density at radius 2 is 1.94 bits per heavy atom. The van der Waals surface area contributed by atoms with Gasteiger partial charge in [-0.1, -0.05) is 45.2 Å². The van der Waals surface area contributed by atoms with Gasteiger partial charge in [0.1, 0.15) is 11.6 Å². The first-order valence-electron chi connectivity index (χ1n) is 9.77. The monoisotopic (exact) mass is 580 g/mol. The third-order valence-electron chi connectivity index (χ3n) is 4.96. The van der Waals surface area contributed by atoms with Crippen molar-refractivity contribution in [2.24, 2.45) is 10.2 Å². The van der Waals surface area contributed by atoms with E-state index in [1.165, 1.54) is 19.2 Å². The van der Waals surface area contributed by atoms with Gasteiger partial charge in [0.15, 0.2) is 5.69 Å². The van der Waals surface area contributed by atoms with Crippen molar-refractivity contribution < 1.29 is 14.2 Å². The van der Waals surface area contributed by atoms with Crippen molar-refractivity contribution in [1.82, 2.24) is 4.57 Å². The second kappa shape index (κ2) is 10.3. The summed E-state index contributed by atoms with van der Waals surface area (Å²) in [5.74, 6) is -0.0372. The Kier molecular flexibility index (Phi) is 7.37. The topological polar surface area (TPSA) is 71.1 Å². The number of anilines is 1. The number of azo groups is 1. The molecule has 0 saturated heterocycles. The minimum atomic E-state index is -0.437. The van der Waals surface area contributed by atoms with Crippen LogP contribution in [-0.2, 0) is 6.54 Å². The zero-order chi connectivity index (χ0) is 24.4. The second-order valence-corrected chi connectivity index (χ2v) is 9.25. The van der Waals surface area contributed by atoms with Crippen molar-refractivity contribution in [3.8, 4) is 11.6 Å². The van der Waals surface area contributed by atoms with Crippen LogP contribution in [0.3, 0.4) is 0 Å². The van der Waals surface area contributed by atoms with Gasteiger partial charge < -0.3 is 19.7 Å². The van der Waals surface area contributed by atoms with Crippen LogP contribution in [0.1, 0.15) is 5.56 Å². The lowest BCUT2D eigenvalue weighted by atomic mass is 10.2. The molecule has 11 heteroatoms. The number of benzene rings is 3. The Labute approximate surface area is 218 Å². The summed E-state index contributed by atoms with van der Waals surface area (Å²) < 4.78 is 21.0. The Morgan fingerprint density at radius 3 is 2.65 bits per heavy atom. The SMILES string of the molecule is COc1ccc(NC(=S)N=Nc2c(O)n(Cc3ccc(F)cc3Cl)c3ccc(Br)cc23)cc1Cl. The fourth-order valence-electron chi connectivity index (χ4n) is 3.36. The van der Waals surface area contributed by atoms with Crippen LogP contribution in [0.2, 0.25) is 10.0 Å². The molecule has 3 aromatic carbocycles. The van der Waals surface area contributed by atoms with E-state index in [-0.39, 0.29) is 28.2 Å². The van der Waals surface area contributed by atoms with E-state index in [4.69, 9.17) is 40.2 Å². The summed E-state index contributed by atoms with van der Waals surface area (Å²) in [6.07, 6.45) is 0. The van der Waals surface area contributed by atoms with E-state index in [1.807, 2.05) is 18.2 Å². The molecule has 2 N–H and O–H groups in total. The minimum absolute atomic E-state index is 0.0677. The number of aromatic nitrogens is 1. The van der Waals surface area contributed by atoms with Crippen LogP contribution in [-0.4, -0.2) is 21.9 Å². The Bertz CT molecular complexity index is 1440. The molecule has 0 saturated carbocycles. The molecule has 0 fully saturated rings. The molecule has 0 aliphatic carbocycles. The summed E-state index contributed by atoms with van der Waals surface area (Å²) in [5, 5.41) is 23.6. The van der Waals surface area contributed by atoms with Crippen LogP contribution in [0.5, 0.6) is 11.6 Å². The van der Waals surface area contributed by atoms with Crippen LogP contribution in [0.15, 0.2) is 69.3 Å². The molecule has 0 spiro atoms. The average Bonchev–Trinajstić information content (AvgIpc) is 3.04. The molecule has 0 aliphatic heterocycles. The van der Waals surface area contributed by atoms with E-state index < -0.39 is 5.82 Å². The lowest BCUT2D eigenvalue weighted by molar-refractivity contribution is 0.415. The fraction of sp³-hybridized carbons (Fsp3) is 0.0870. The summed E-state index contributed by atoms with van der Waals surface area (Å²) in [7, 11) is 1.53. The molecule has 1 heterocycles. The quantitative estimate of drug-likeness (QED) is 0.184. The molecule has 0 amide bonds. The number of rotatable bonds is 5. The normalized spacial score (nSPS) is 11.3. The molecule has 0 radical (unpaired) electrons. The number of nitrogens with one attached hydrogen (secondary N) is 1. The minimum Gasteiger partial charge on any atom is -0.495 e. The summed E-state index contributed by atoms with van der Waals surface area (Å²) in [6, 6.07) is 14.7. The summed E-state index contributed by atoms with van der Waals surface area (Å²) in [6.45, 7) is 0.200. The van der Waals surface area contributed by atoms with Crippen LogP contribution < -0.4 is 10.1 Å². The summed E-state index contributed by atoms with van der Waals surface area (Å²) in [5.41, 5.74) is 2.16. The Hall–Kier alpha value is -2.72. The Morgan fingerprint density at radius 1 is 1.15 bits per heavy atom. The van der Waals surface area contributed by atoms with E-state index >= 15 is 0 Å². The molecule has 6 nitrogen and oxygen atoms in total. The largest absolute Gasteiger partial charge is 0.495 e. The molecular weight excluding hydrogens is 566 g/mol. The van der Waals surface area contributed by atoms with Crippen molar-refractivity contribution in [1.29, 1.82) is 0 Å². The molecule has 4 rings (SSSR count).